The van der Waals surface area contributed by atoms with E-state index >= 15 is 0 Å². The molecule has 1 aliphatic carbocycles. The molecule has 0 radical (unpaired) electrons. The molecule has 3 heteroatoms. The number of ketones is 2. The van der Waals surface area contributed by atoms with E-state index in [9.17, 15) is 9.59 Å². The second kappa shape index (κ2) is 4.95. The predicted molar refractivity (Wildman–Crippen MR) is 67.0 cm³/mol. The van der Waals surface area contributed by atoms with Crippen LogP contribution >= 0.6 is 0 Å². The molecule has 0 aromatic heterocycles. The summed E-state index contributed by atoms with van der Waals surface area (Å²) in [5.74, 6) is 0.239. The van der Waals surface area contributed by atoms with Crippen LogP contribution in [0.2, 0.25) is 0 Å². The van der Waals surface area contributed by atoms with Crippen LogP contribution < -0.4 is 5.32 Å². The summed E-state index contributed by atoms with van der Waals surface area (Å²) in [5, 5.41) is 3.21. The molecule has 0 heterocycles. The molecular formula is C14H15NO2. The number of hydrogen-bond acceptors (Lipinski definition) is 3. The topological polar surface area (TPSA) is 46.2 Å². The Morgan fingerprint density at radius 2 is 1.88 bits per heavy atom. The molecule has 1 aromatic carbocycles. The van der Waals surface area contributed by atoms with E-state index in [0.717, 1.165) is 24.2 Å². The van der Waals surface area contributed by atoms with Crippen LogP contribution in [0.4, 0.5) is 5.69 Å². The fraction of sp³-hybridized carbons (Fsp3) is 0.286. The van der Waals surface area contributed by atoms with E-state index < -0.39 is 0 Å². The highest BCUT2D eigenvalue weighted by Gasteiger charge is 2.09. The van der Waals surface area contributed by atoms with Crippen LogP contribution in [-0.2, 0) is 4.79 Å². The Balaban J connectivity index is 2.08. The molecule has 0 unspecified atom stereocenters. The summed E-state index contributed by atoms with van der Waals surface area (Å²) >= 11 is 0. The summed E-state index contributed by atoms with van der Waals surface area (Å²) in [5.41, 5.74) is 2.57. The van der Waals surface area contributed by atoms with Crippen molar-refractivity contribution in [2.75, 3.05) is 5.32 Å². The minimum Gasteiger partial charge on any atom is -0.359 e. The molecule has 0 amide bonds. The fourth-order valence-electron chi connectivity index (χ4n) is 1.86. The molecule has 0 bridgehead atoms. The average Bonchev–Trinajstić information content (AvgIpc) is 2.29. The standard InChI is InChI=1S/C14H15NO2/c1-10(16)11-5-7-12(8-6-11)15-13-3-2-4-14(17)9-13/h5-9,15H,2-4H2,1H3. The summed E-state index contributed by atoms with van der Waals surface area (Å²) in [6.45, 7) is 1.55. The summed E-state index contributed by atoms with van der Waals surface area (Å²) in [6, 6.07) is 7.29. The maximum atomic E-state index is 11.2. The maximum absolute atomic E-state index is 11.2. The molecule has 1 aliphatic rings. The van der Waals surface area contributed by atoms with Crippen molar-refractivity contribution in [3.05, 3.63) is 41.6 Å². The number of nitrogens with one attached hydrogen (secondary N) is 1. The van der Waals surface area contributed by atoms with Crippen molar-refractivity contribution in [2.24, 2.45) is 0 Å². The van der Waals surface area contributed by atoms with Gasteiger partial charge in [-0.25, -0.2) is 0 Å². The largest absolute Gasteiger partial charge is 0.359 e. The molecule has 1 aromatic rings. The highest BCUT2D eigenvalue weighted by molar-refractivity contribution is 5.94. The van der Waals surface area contributed by atoms with Crippen LogP contribution in [0.1, 0.15) is 36.5 Å². The predicted octanol–water partition coefficient (Wildman–Crippen LogP) is 2.94. The molecule has 3 nitrogen and oxygen atoms in total. The van der Waals surface area contributed by atoms with Crippen LogP contribution in [0.3, 0.4) is 0 Å². The van der Waals surface area contributed by atoms with Crippen molar-refractivity contribution in [2.45, 2.75) is 26.2 Å². The lowest BCUT2D eigenvalue weighted by molar-refractivity contribution is -0.115. The Kier molecular flexibility index (Phi) is 3.38. The molecule has 0 saturated heterocycles. The van der Waals surface area contributed by atoms with Crippen molar-refractivity contribution in [1.82, 2.24) is 0 Å². The summed E-state index contributed by atoms with van der Waals surface area (Å²) < 4.78 is 0. The smallest absolute Gasteiger partial charge is 0.159 e. The molecule has 88 valence electrons. The van der Waals surface area contributed by atoms with E-state index in [1.54, 1.807) is 25.1 Å². The number of allylic oxidation sites excluding steroid dienone is 2. The quantitative estimate of drug-likeness (QED) is 0.810. The first-order valence-corrected chi connectivity index (χ1v) is 5.76. The first kappa shape index (κ1) is 11.6. The summed E-state index contributed by atoms with van der Waals surface area (Å²) in [7, 11) is 0. The van der Waals surface area contributed by atoms with E-state index in [1.807, 2.05) is 12.1 Å². The van der Waals surface area contributed by atoms with Gasteiger partial charge in [-0.1, -0.05) is 0 Å². The molecule has 0 spiro atoms. The molecule has 0 fully saturated rings. The molecule has 1 N–H and O–H groups in total. The van der Waals surface area contributed by atoms with E-state index in [-0.39, 0.29) is 11.6 Å². The van der Waals surface area contributed by atoms with E-state index in [2.05, 4.69) is 5.32 Å². The van der Waals surface area contributed by atoms with Gasteiger partial charge < -0.3 is 5.32 Å². The van der Waals surface area contributed by atoms with Crippen LogP contribution in [0, 0.1) is 0 Å². The third-order valence-corrected chi connectivity index (χ3v) is 2.80. The Hall–Kier alpha value is -1.90. The van der Waals surface area contributed by atoms with Crippen molar-refractivity contribution < 1.29 is 9.59 Å². The van der Waals surface area contributed by atoms with Crippen molar-refractivity contribution >= 4 is 17.3 Å². The van der Waals surface area contributed by atoms with Crippen LogP contribution in [0.25, 0.3) is 0 Å². The minimum atomic E-state index is 0.0589. The lowest BCUT2D eigenvalue weighted by atomic mass is 10.0. The number of carbonyl (C=O) groups is 2. The fourth-order valence-corrected chi connectivity index (χ4v) is 1.86. The number of rotatable bonds is 3. The Morgan fingerprint density at radius 3 is 2.47 bits per heavy atom. The highest BCUT2D eigenvalue weighted by Crippen LogP contribution is 2.19. The normalized spacial score (nSPS) is 15.4. The third kappa shape index (κ3) is 3.03. The Bertz CT molecular complexity index is 472. The monoisotopic (exact) mass is 229 g/mol. The van der Waals surface area contributed by atoms with Gasteiger partial charge in [0.05, 0.1) is 0 Å². The Labute approximate surface area is 101 Å². The van der Waals surface area contributed by atoms with Gasteiger partial charge in [-0.05, 0) is 44.0 Å². The van der Waals surface area contributed by atoms with Crippen LogP contribution in [0.5, 0.6) is 0 Å². The van der Waals surface area contributed by atoms with Crippen molar-refractivity contribution in [3.8, 4) is 0 Å². The first-order valence-electron chi connectivity index (χ1n) is 5.76. The molecular weight excluding hydrogens is 214 g/mol. The molecule has 0 aliphatic heterocycles. The molecule has 17 heavy (non-hydrogen) atoms. The molecule has 0 atom stereocenters. The van der Waals surface area contributed by atoms with E-state index in [1.165, 1.54) is 0 Å². The van der Waals surface area contributed by atoms with Gasteiger partial charge >= 0.3 is 0 Å². The number of carbonyl (C=O) groups excluding carboxylic acids is 2. The first-order chi connectivity index (χ1) is 8.15. The number of anilines is 1. The maximum Gasteiger partial charge on any atom is 0.159 e. The third-order valence-electron chi connectivity index (χ3n) is 2.80. The van der Waals surface area contributed by atoms with Gasteiger partial charge in [0, 0.05) is 29.4 Å². The van der Waals surface area contributed by atoms with Gasteiger partial charge in [-0.15, -0.1) is 0 Å². The zero-order valence-electron chi connectivity index (χ0n) is 9.82. The second-order valence-corrected chi connectivity index (χ2v) is 4.25. The number of hydrogen-bond donors (Lipinski definition) is 1. The van der Waals surface area contributed by atoms with Crippen molar-refractivity contribution in [3.63, 3.8) is 0 Å². The SMILES string of the molecule is CC(=O)c1ccc(NC2=CC(=O)CCC2)cc1. The average molecular weight is 229 g/mol. The second-order valence-electron chi connectivity index (χ2n) is 4.25. The van der Waals surface area contributed by atoms with Crippen LogP contribution in [-0.4, -0.2) is 11.6 Å². The molecule has 2 rings (SSSR count). The van der Waals surface area contributed by atoms with E-state index in [4.69, 9.17) is 0 Å². The van der Waals surface area contributed by atoms with Gasteiger partial charge in [0.15, 0.2) is 11.6 Å². The van der Waals surface area contributed by atoms with Gasteiger partial charge in [0.1, 0.15) is 0 Å². The Morgan fingerprint density at radius 1 is 1.18 bits per heavy atom. The number of benzene rings is 1. The van der Waals surface area contributed by atoms with Crippen molar-refractivity contribution in [1.29, 1.82) is 0 Å². The van der Waals surface area contributed by atoms with E-state index in [0.29, 0.717) is 12.0 Å². The molecule has 0 saturated carbocycles. The van der Waals surface area contributed by atoms with Gasteiger partial charge in [0.25, 0.3) is 0 Å². The van der Waals surface area contributed by atoms with Gasteiger partial charge in [0.2, 0.25) is 0 Å². The van der Waals surface area contributed by atoms with Gasteiger partial charge in [-0.2, -0.15) is 0 Å². The number of Topliss-reactive ketones (excluding diaryl/α,β-unsaturated/α-hetero) is 1. The zero-order chi connectivity index (χ0) is 12.3. The summed E-state index contributed by atoms with van der Waals surface area (Å²) in [6.07, 6.45) is 4.13. The lowest BCUT2D eigenvalue weighted by Crippen LogP contribution is -2.09. The highest BCUT2D eigenvalue weighted by atomic mass is 16.1. The summed E-state index contributed by atoms with van der Waals surface area (Å²) in [4.78, 5) is 22.4. The minimum absolute atomic E-state index is 0.0589. The zero-order valence-corrected chi connectivity index (χ0v) is 9.82. The lowest BCUT2D eigenvalue weighted by Gasteiger charge is -2.14. The van der Waals surface area contributed by atoms with Crippen LogP contribution in [0.15, 0.2) is 36.0 Å². The van der Waals surface area contributed by atoms with Gasteiger partial charge in [-0.3, -0.25) is 9.59 Å².